The van der Waals surface area contributed by atoms with Crippen molar-refractivity contribution in [2.45, 2.75) is 25.4 Å². The highest BCUT2D eigenvalue weighted by Gasteiger charge is 2.23. The average molecular weight is 234 g/mol. The Morgan fingerprint density at radius 1 is 1.59 bits per heavy atom. The molecule has 2 atom stereocenters. The van der Waals surface area contributed by atoms with Gasteiger partial charge in [-0.2, -0.15) is 0 Å². The van der Waals surface area contributed by atoms with Crippen molar-refractivity contribution in [3.63, 3.8) is 0 Å². The first kappa shape index (κ1) is 11.9. The molecule has 1 amide bonds. The zero-order valence-corrected chi connectivity index (χ0v) is 9.94. The minimum atomic E-state index is -0.493. The summed E-state index contributed by atoms with van der Waals surface area (Å²) in [6, 6.07) is 8.07. The quantitative estimate of drug-likeness (QED) is 0.730. The lowest BCUT2D eigenvalue weighted by molar-refractivity contribution is -0.121. The van der Waals surface area contributed by atoms with Crippen molar-refractivity contribution < 1.29 is 9.90 Å². The van der Waals surface area contributed by atoms with Gasteiger partial charge in [-0.05, 0) is 18.6 Å². The molecular weight excluding hydrogens is 216 g/mol. The van der Waals surface area contributed by atoms with E-state index >= 15 is 0 Å². The van der Waals surface area contributed by atoms with Crippen LogP contribution in [0.25, 0.3) is 0 Å². The number of aliphatic hydroxyl groups excluding tert-OH is 1. The fraction of sp³-hybridized carbons (Fsp3) is 0.462. The number of nitrogens with one attached hydrogen (secondary N) is 2. The molecular formula is C13H18N2O2. The largest absolute Gasteiger partial charge is 0.392 e. The van der Waals surface area contributed by atoms with Crippen molar-refractivity contribution in [1.29, 1.82) is 0 Å². The maximum absolute atomic E-state index is 11.7. The topological polar surface area (TPSA) is 61.4 Å². The Bertz CT molecular complexity index is 404. The van der Waals surface area contributed by atoms with Crippen LogP contribution in [0, 0.1) is 0 Å². The number of carbonyl (C=O) groups excluding carboxylic acids is 1. The second kappa shape index (κ2) is 5.19. The molecule has 1 aromatic carbocycles. The molecule has 4 heteroatoms. The highest BCUT2D eigenvalue weighted by Crippen LogP contribution is 2.32. The summed E-state index contributed by atoms with van der Waals surface area (Å²) in [6.07, 6.45) is -0.0237. The number of anilines is 1. The lowest BCUT2D eigenvalue weighted by atomic mass is 9.97. The summed E-state index contributed by atoms with van der Waals surface area (Å²) in [5, 5.41) is 15.1. The van der Waals surface area contributed by atoms with E-state index in [1.807, 2.05) is 18.2 Å². The highest BCUT2D eigenvalue weighted by atomic mass is 16.3. The number of fused-ring (bicyclic) bond motifs is 1. The molecule has 1 aliphatic heterocycles. The van der Waals surface area contributed by atoms with Gasteiger partial charge in [0.25, 0.3) is 0 Å². The van der Waals surface area contributed by atoms with Gasteiger partial charge in [0, 0.05) is 31.1 Å². The summed E-state index contributed by atoms with van der Waals surface area (Å²) in [7, 11) is 0. The zero-order valence-electron chi connectivity index (χ0n) is 9.94. The number of aliphatic hydroxyl groups is 1. The van der Waals surface area contributed by atoms with E-state index in [1.54, 1.807) is 6.92 Å². The number of amides is 1. The first-order chi connectivity index (χ1) is 8.16. The van der Waals surface area contributed by atoms with Gasteiger partial charge < -0.3 is 15.7 Å². The van der Waals surface area contributed by atoms with Crippen LogP contribution in [0.4, 0.5) is 5.69 Å². The van der Waals surface area contributed by atoms with Gasteiger partial charge >= 0.3 is 0 Å². The van der Waals surface area contributed by atoms with E-state index in [9.17, 15) is 4.79 Å². The Kier molecular flexibility index (Phi) is 3.64. The highest BCUT2D eigenvalue weighted by molar-refractivity contribution is 5.78. The van der Waals surface area contributed by atoms with Crippen LogP contribution in [0.1, 0.15) is 24.8 Å². The van der Waals surface area contributed by atoms with Gasteiger partial charge in [0.05, 0.1) is 6.10 Å². The number of benzene rings is 1. The summed E-state index contributed by atoms with van der Waals surface area (Å²) < 4.78 is 0. The minimum absolute atomic E-state index is 0.00518. The number of hydrogen-bond acceptors (Lipinski definition) is 3. The third-order valence-corrected chi connectivity index (χ3v) is 2.97. The van der Waals surface area contributed by atoms with E-state index < -0.39 is 6.10 Å². The van der Waals surface area contributed by atoms with Gasteiger partial charge in [-0.1, -0.05) is 18.2 Å². The van der Waals surface area contributed by atoms with Crippen molar-refractivity contribution in [2.75, 3.05) is 18.4 Å². The summed E-state index contributed by atoms with van der Waals surface area (Å²) in [5.74, 6) is 0.231. The molecule has 2 unspecified atom stereocenters. The van der Waals surface area contributed by atoms with Crippen LogP contribution >= 0.6 is 0 Å². The van der Waals surface area contributed by atoms with Crippen LogP contribution in [-0.4, -0.2) is 30.2 Å². The second-order valence-electron chi connectivity index (χ2n) is 4.52. The van der Waals surface area contributed by atoms with Crippen LogP contribution in [-0.2, 0) is 4.79 Å². The molecule has 92 valence electrons. The Morgan fingerprint density at radius 3 is 3.12 bits per heavy atom. The van der Waals surface area contributed by atoms with Crippen molar-refractivity contribution in [1.82, 2.24) is 5.32 Å². The Labute approximate surface area is 101 Å². The summed E-state index contributed by atoms with van der Waals surface area (Å²) in [5.41, 5.74) is 2.33. The van der Waals surface area contributed by atoms with E-state index in [2.05, 4.69) is 16.7 Å². The lowest BCUT2D eigenvalue weighted by Crippen LogP contribution is -2.31. The van der Waals surface area contributed by atoms with Gasteiger partial charge in [0.15, 0.2) is 0 Å². The average Bonchev–Trinajstić information content (AvgIpc) is 2.70. The number of carbonyl (C=O) groups is 1. The summed E-state index contributed by atoms with van der Waals surface area (Å²) >= 11 is 0. The number of para-hydroxylation sites is 1. The van der Waals surface area contributed by atoms with Crippen LogP contribution in [0.15, 0.2) is 24.3 Å². The van der Waals surface area contributed by atoms with Crippen LogP contribution < -0.4 is 10.6 Å². The molecule has 4 nitrogen and oxygen atoms in total. The molecule has 0 spiro atoms. The number of hydrogen-bond donors (Lipinski definition) is 3. The maximum atomic E-state index is 11.7. The number of rotatable bonds is 4. The molecule has 0 radical (unpaired) electrons. The molecule has 1 aromatic rings. The van der Waals surface area contributed by atoms with Crippen LogP contribution in [0.3, 0.4) is 0 Å². The SMILES string of the molecule is CC(O)CNC(=O)CC1CNc2ccccc21. The third-order valence-electron chi connectivity index (χ3n) is 2.97. The van der Waals surface area contributed by atoms with E-state index in [1.165, 1.54) is 5.56 Å². The summed E-state index contributed by atoms with van der Waals surface area (Å²) in [6.45, 7) is 2.79. The smallest absolute Gasteiger partial charge is 0.220 e. The summed E-state index contributed by atoms with van der Waals surface area (Å²) in [4.78, 5) is 11.7. The van der Waals surface area contributed by atoms with Crippen molar-refractivity contribution in [3.05, 3.63) is 29.8 Å². The first-order valence-electron chi connectivity index (χ1n) is 5.94. The van der Waals surface area contributed by atoms with Crippen molar-refractivity contribution >= 4 is 11.6 Å². The molecule has 3 N–H and O–H groups in total. The van der Waals surface area contributed by atoms with Gasteiger partial charge in [-0.3, -0.25) is 4.79 Å². The predicted octanol–water partition coefficient (Wildman–Crippen LogP) is 1.08. The fourth-order valence-electron chi connectivity index (χ4n) is 2.10. The molecule has 0 bridgehead atoms. The van der Waals surface area contributed by atoms with Gasteiger partial charge in [-0.15, -0.1) is 0 Å². The van der Waals surface area contributed by atoms with Gasteiger partial charge in [0.1, 0.15) is 0 Å². The monoisotopic (exact) mass is 234 g/mol. The molecule has 1 aliphatic rings. The van der Waals surface area contributed by atoms with E-state index in [0.717, 1.165) is 12.2 Å². The Balaban J connectivity index is 1.91. The molecule has 2 rings (SSSR count). The third kappa shape index (κ3) is 2.97. The zero-order chi connectivity index (χ0) is 12.3. The molecule has 0 aliphatic carbocycles. The minimum Gasteiger partial charge on any atom is -0.392 e. The Hall–Kier alpha value is -1.55. The van der Waals surface area contributed by atoms with Crippen molar-refractivity contribution in [2.24, 2.45) is 0 Å². The lowest BCUT2D eigenvalue weighted by Gasteiger charge is -2.11. The van der Waals surface area contributed by atoms with Crippen LogP contribution in [0.5, 0.6) is 0 Å². The molecule has 1 heterocycles. The van der Waals surface area contributed by atoms with Crippen molar-refractivity contribution in [3.8, 4) is 0 Å². The van der Waals surface area contributed by atoms with E-state index in [4.69, 9.17) is 5.11 Å². The molecule has 0 saturated carbocycles. The standard InChI is InChI=1S/C13H18N2O2/c1-9(16)7-15-13(17)6-10-8-14-12-5-3-2-4-11(10)12/h2-5,9-10,14,16H,6-8H2,1H3,(H,15,17). The molecule has 0 aromatic heterocycles. The van der Waals surface area contributed by atoms with E-state index in [-0.39, 0.29) is 11.8 Å². The molecule has 0 saturated heterocycles. The predicted molar refractivity (Wildman–Crippen MR) is 67.0 cm³/mol. The second-order valence-corrected chi connectivity index (χ2v) is 4.52. The van der Waals surface area contributed by atoms with E-state index in [0.29, 0.717) is 13.0 Å². The van der Waals surface area contributed by atoms with Gasteiger partial charge in [0.2, 0.25) is 5.91 Å². The maximum Gasteiger partial charge on any atom is 0.220 e. The fourth-order valence-corrected chi connectivity index (χ4v) is 2.10. The van der Waals surface area contributed by atoms with Crippen LogP contribution in [0.2, 0.25) is 0 Å². The molecule has 0 fully saturated rings. The van der Waals surface area contributed by atoms with Gasteiger partial charge in [-0.25, -0.2) is 0 Å². The normalized spacial score (nSPS) is 19.3. The Morgan fingerprint density at radius 2 is 2.35 bits per heavy atom. The first-order valence-corrected chi connectivity index (χ1v) is 5.94. The molecule has 17 heavy (non-hydrogen) atoms.